The average molecular weight is 920 g/mol. The van der Waals surface area contributed by atoms with E-state index >= 15 is 0 Å². The van der Waals surface area contributed by atoms with Crippen molar-refractivity contribution in [3.8, 4) is 23.0 Å². The van der Waals surface area contributed by atoms with E-state index in [2.05, 4.69) is 42.4 Å². The lowest BCUT2D eigenvalue weighted by atomic mass is 10.1. The number of amides is 1. The highest BCUT2D eigenvalue weighted by Crippen LogP contribution is 2.38. The number of hydrogen-bond donors (Lipinski definition) is 2. The van der Waals surface area contributed by atoms with Crippen molar-refractivity contribution in [2.75, 3.05) is 71.3 Å². The van der Waals surface area contributed by atoms with Gasteiger partial charge in [-0.05, 0) is 67.9 Å². The van der Waals surface area contributed by atoms with Crippen LogP contribution >= 0.6 is 23.2 Å². The highest BCUT2D eigenvalue weighted by atomic mass is 35.5. The van der Waals surface area contributed by atoms with Crippen LogP contribution in [-0.2, 0) is 9.53 Å². The first kappa shape index (κ1) is 46.2. The van der Waals surface area contributed by atoms with Gasteiger partial charge in [-0.2, -0.15) is 0 Å². The van der Waals surface area contributed by atoms with Gasteiger partial charge in [-0.1, -0.05) is 30.1 Å². The molecule has 64 heavy (non-hydrogen) atoms. The molecule has 2 aliphatic heterocycles. The lowest BCUT2D eigenvalue weighted by Crippen LogP contribution is -2.42. The zero-order chi connectivity index (χ0) is 45.2. The van der Waals surface area contributed by atoms with Gasteiger partial charge in [-0.3, -0.25) is 4.79 Å². The normalized spacial score (nSPS) is 14.8. The first-order chi connectivity index (χ1) is 31.0. The van der Waals surface area contributed by atoms with E-state index in [0.717, 1.165) is 37.9 Å². The monoisotopic (exact) mass is 918 g/mol. The van der Waals surface area contributed by atoms with Crippen LogP contribution in [0.1, 0.15) is 39.0 Å². The quantitative estimate of drug-likeness (QED) is 0.107. The molecule has 8 rings (SSSR count). The fourth-order valence-corrected chi connectivity index (χ4v) is 7.89. The second kappa shape index (κ2) is 21.7. The number of carbonyl (C=O) groups excluding carboxylic acids is 1. The number of likely N-dealkylation sites (tertiary alicyclic amines) is 2. The molecule has 0 unspecified atom stereocenters. The molecule has 1 amide bonds. The highest BCUT2D eigenvalue weighted by molar-refractivity contribution is 6.31. The van der Waals surface area contributed by atoms with Crippen LogP contribution in [0.5, 0.6) is 23.0 Å². The van der Waals surface area contributed by atoms with Crippen molar-refractivity contribution in [2.45, 2.75) is 51.2 Å². The van der Waals surface area contributed by atoms with Crippen molar-refractivity contribution in [3.05, 3.63) is 95.0 Å². The Balaban J connectivity index is 0.000000193. The molecule has 0 atom stereocenters. The van der Waals surface area contributed by atoms with E-state index in [0.29, 0.717) is 101 Å². The third-order valence-electron chi connectivity index (χ3n) is 11.1. The number of piperidine rings is 2. The predicted molar refractivity (Wildman–Crippen MR) is 244 cm³/mol. The first-order valence-electron chi connectivity index (χ1n) is 21.0. The van der Waals surface area contributed by atoms with Crippen LogP contribution < -0.4 is 29.6 Å². The Hall–Kier alpha value is -5.81. The Morgan fingerprint density at radius 3 is 1.56 bits per heavy atom. The number of nitrogens with one attached hydrogen (secondary N) is 2. The van der Waals surface area contributed by atoms with Crippen molar-refractivity contribution in [3.63, 3.8) is 0 Å². The molecule has 0 bridgehead atoms. The van der Waals surface area contributed by atoms with Crippen molar-refractivity contribution < 1.29 is 37.3 Å². The predicted octanol–water partition coefficient (Wildman–Crippen LogP) is 9.62. The molecular formula is C46H50Cl2F2N8O6. The second-order valence-electron chi connectivity index (χ2n) is 15.2. The van der Waals surface area contributed by atoms with E-state index in [9.17, 15) is 13.6 Å². The lowest BCUT2D eigenvalue weighted by molar-refractivity contribution is -0.133. The van der Waals surface area contributed by atoms with Gasteiger partial charge in [-0.25, -0.2) is 28.7 Å². The zero-order valence-corrected chi connectivity index (χ0v) is 37.5. The van der Waals surface area contributed by atoms with E-state index in [1.165, 1.54) is 36.9 Å². The summed E-state index contributed by atoms with van der Waals surface area (Å²) in [7, 11) is 4.78. The Bertz CT molecular complexity index is 2560. The van der Waals surface area contributed by atoms with Gasteiger partial charge in [0.05, 0.1) is 48.3 Å². The largest absolute Gasteiger partial charge is 0.493 e. The van der Waals surface area contributed by atoms with Crippen molar-refractivity contribution in [2.24, 2.45) is 0 Å². The third kappa shape index (κ3) is 11.5. The van der Waals surface area contributed by atoms with Gasteiger partial charge in [0, 0.05) is 80.4 Å². The molecule has 338 valence electrons. The molecule has 2 aliphatic rings. The van der Waals surface area contributed by atoms with Gasteiger partial charge in [0.25, 0.3) is 0 Å². The maximum atomic E-state index is 13.5. The molecular weight excluding hydrogens is 869 g/mol. The minimum atomic E-state index is -0.494. The molecule has 0 saturated carbocycles. The van der Waals surface area contributed by atoms with Crippen molar-refractivity contribution >= 4 is 73.9 Å². The summed E-state index contributed by atoms with van der Waals surface area (Å²) < 4.78 is 55.7. The van der Waals surface area contributed by atoms with E-state index in [1.54, 1.807) is 39.5 Å². The molecule has 2 saturated heterocycles. The van der Waals surface area contributed by atoms with Gasteiger partial charge in [-0.15, -0.1) is 0 Å². The first-order valence-corrected chi connectivity index (χ1v) is 21.7. The summed E-state index contributed by atoms with van der Waals surface area (Å²) in [4.78, 5) is 33.9. The molecule has 6 aromatic rings. The van der Waals surface area contributed by atoms with Crippen molar-refractivity contribution in [1.82, 2.24) is 29.7 Å². The zero-order valence-electron chi connectivity index (χ0n) is 36.0. The molecule has 2 N–H and O–H groups in total. The number of rotatable bonds is 14. The number of carbonyl (C=O) groups is 1. The van der Waals surface area contributed by atoms with Gasteiger partial charge in [0.2, 0.25) is 5.91 Å². The molecule has 14 nitrogen and oxygen atoms in total. The summed E-state index contributed by atoms with van der Waals surface area (Å²) in [6, 6.07) is 16.2. The fourth-order valence-electron chi connectivity index (χ4n) is 7.52. The molecule has 0 aliphatic carbocycles. The number of benzene rings is 4. The Morgan fingerprint density at radius 2 is 1.14 bits per heavy atom. The summed E-state index contributed by atoms with van der Waals surface area (Å²) in [5, 5.41) is 7.91. The molecule has 4 aromatic carbocycles. The Labute approximate surface area is 380 Å². The number of halogens is 4. The molecule has 0 radical (unpaired) electrons. The summed E-state index contributed by atoms with van der Waals surface area (Å²) in [6.45, 7) is 6.97. The maximum Gasteiger partial charge on any atom is 0.224 e. The number of fused-ring (bicyclic) bond motifs is 2. The fraction of sp³-hybridized carbons (Fsp3) is 0.370. The van der Waals surface area contributed by atoms with Crippen LogP contribution in [0, 0.1) is 11.6 Å². The van der Waals surface area contributed by atoms with Crippen LogP contribution in [0.15, 0.2) is 73.3 Å². The minimum Gasteiger partial charge on any atom is -0.493 e. The number of aromatic nitrogens is 4. The van der Waals surface area contributed by atoms with Gasteiger partial charge in [0.1, 0.15) is 48.1 Å². The molecule has 18 heteroatoms. The highest BCUT2D eigenvalue weighted by Gasteiger charge is 2.26. The van der Waals surface area contributed by atoms with Gasteiger partial charge < -0.3 is 44.1 Å². The number of hydrogen-bond acceptors (Lipinski definition) is 13. The van der Waals surface area contributed by atoms with Gasteiger partial charge in [0.15, 0.2) is 23.0 Å². The van der Waals surface area contributed by atoms with Crippen LogP contribution in [0.2, 0.25) is 10.0 Å². The number of methoxy groups -OCH3 is 3. The second-order valence-corrected chi connectivity index (χ2v) is 16.0. The van der Waals surface area contributed by atoms with Crippen molar-refractivity contribution in [1.29, 1.82) is 0 Å². The summed E-state index contributed by atoms with van der Waals surface area (Å²) in [6.07, 6.45) is 6.73. The standard InChI is InChI=1S/C24H26ClFN4O4.C22H24ClFN4O2/c1-32-10-7-23(31)30-8-5-16(6-9-30)34-22-12-17-20(13-21(22)33-2)27-14-28-24(17)29-15-3-4-19(26)18(25)11-15;1-3-28-8-6-15(7-9-28)30-21-11-16-19(12-20(21)29-2)25-13-26-22(16)27-14-4-5-18(24)17(23)10-14/h3-4,11-14,16H,5-10H2,1-2H3,(H,27,28,29);4-5,10-13,15H,3,6-9H2,1-2H3,(H,25,26,27). The molecule has 4 heterocycles. The van der Waals surface area contributed by atoms with E-state index in [1.807, 2.05) is 23.1 Å². The Morgan fingerprint density at radius 1 is 0.672 bits per heavy atom. The van der Waals surface area contributed by atoms with Crippen LogP contribution in [0.25, 0.3) is 21.8 Å². The number of anilines is 4. The number of nitrogens with zero attached hydrogens (tertiary/aromatic N) is 6. The lowest BCUT2D eigenvalue weighted by Gasteiger charge is -2.32. The summed E-state index contributed by atoms with van der Waals surface area (Å²) in [5.74, 6) is 2.66. The molecule has 2 fully saturated rings. The van der Waals surface area contributed by atoms with E-state index in [4.69, 9.17) is 46.9 Å². The summed E-state index contributed by atoms with van der Waals surface area (Å²) >= 11 is 11.8. The van der Waals surface area contributed by atoms with Crippen LogP contribution in [-0.4, -0.2) is 109 Å². The topological polar surface area (TPSA) is 145 Å². The van der Waals surface area contributed by atoms with E-state index in [-0.39, 0.29) is 28.2 Å². The molecule has 0 spiro atoms. The smallest absolute Gasteiger partial charge is 0.224 e. The number of ether oxygens (including phenoxy) is 5. The maximum absolute atomic E-state index is 13.5. The van der Waals surface area contributed by atoms with Crippen LogP contribution in [0.3, 0.4) is 0 Å². The third-order valence-corrected chi connectivity index (χ3v) is 11.7. The Kier molecular flexibility index (Phi) is 15.7. The minimum absolute atomic E-state index is 0.0149. The average Bonchev–Trinajstić information content (AvgIpc) is 3.31. The SMILES string of the molecule is CCN1CCC(Oc2cc3c(Nc4ccc(F)c(Cl)c4)ncnc3cc2OC)CC1.COCCC(=O)N1CCC(Oc2cc3c(Nc4ccc(F)c(Cl)c4)ncnc3cc2OC)CC1. The van der Waals surface area contributed by atoms with E-state index < -0.39 is 11.6 Å². The molecule has 2 aromatic heterocycles. The van der Waals surface area contributed by atoms with Gasteiger partial charge >= 0.3 is 0 Å². The van der Waals surface area contributed by atoms with Crippen LogP contribution in [0.4, 0.5) is 31.8 Å². The summed E-state index contributed by atoms with van der Waals surface area (Å²) in [5.41, 5.74) is 2.60.